The van der Waals surface area contributed by atoms with E-state index < -0.39 is 23.5 Å². The van der Waals surface area contributed by atoms with E-state index >= 15 is 0 Å². The van der Waals surface area contributed by atoms with Gasteiger partial charge in [-0.05, 0) is 37.3 Å². The second-order valence-electron chi connectivity index (χ2n) is 7.53. The predicted molar refractivity (Wildman–Crippen MR) is 131 cm³/mol. The van der Waals surface area contributed by atoms with Gasteiger partial charge in [0, 0.05) is 54.1 Å². The number of amides is 2. The Morgan fingerprint density at radius 1 is 1.00 bits per heavy atom. The number of fused-ring (bicyclic) bond motifs is 1. The lowest BCUT2D eigenvalue weighted by atomic mass is 10.0. The first-order valence-electron chi connectivity index (χ1n) is 10.4. The first-order chi connectivity index (χ1) is 16.7. The van der Waals surface area contributed by atoms with Crippen molar-refractivity contribution in [3.05, 3.63) is 81.5 Å². The lowest BCUT2D eigenvalue weighted by Crippen LogP contribution is -2.22. The van der Waals surface area contributed by atoms with Crippen molar-refractivity contribution in [2.45, 2.75) is 13.5 Å². The molecule has 35 heavy (non-hydrogen) atoms. The number of rotatable bonds is 5. The molecule has 0 bridgehead atoms. The Labute approximate surface area is 202 Å². The Morgan fingerprint density at radius 2 is 1.71 bits per heavy atom. The van der Waals surface area contributed by atoms with Gasteiger partial charge in [-0.15, -0.1) is 0 Å². The molecule has 0 saturated heterocycles. The smallest absolute Gasteiger partial charge is 0.323 e. The van der Waals surface area contributed by atoms with E-state index in [2.05, 4.69) is 20.9 Å². The van der Waals surface area contributed by atoms with Crippen molar-refractivity contribution in [2.75, 3.05) is 23.0 Å². The SMILES string of the molecule is CCn1c(=O)c(-c2cc(NC(=O)Nc3cc(F)cc(F)c3)c(F)cc2Cl)cc2cnc(NC)cc21. The maximum Gasteiger partial charge on any atom is 0.323 e. The molecule has 180 valence electrons. The molecule has 0 atom stereocenters. The molecule has 2 aromatic carbocycles. The summed E-state index contributed by atoms with van der Waals surface area (Å²) in [6, 6.07) is 7.03. The Hall–Kier alpha value is -4.05. The van der Waals surface area contributed by atoms with Gasteiger partial charge in [0.2, 0.25) is 0 Å². The minimum absolute atomic E-state index is 0.0421. The molecule has 0 aliphatic heterocycles. The third-order valence-electron chi connectivity index (χ3n) is 5.27. The van der Waals surface area contributed by atoms with Gasteiger partial charge < -0.3 is 20.5 Å². The third-order valence-corrected chi connectivity index (χ3v) is 5.58. The molecule has 11 heteroatoms. The summed E-state index contributed by atoms with van der Waals surface area (Å²) in [5, 5.41) is 8.04. The summed E-state index contributed by atoms with van der Waals surface area (Å²) in [4.78, 5) is 29.9. The van der Waals surface area contributed by atoms with Crippen LogP contribution in [0.5, 0.6) is 0 Å². The second kappa shape index (κ2) is 9.67. The van der Waals surface area contributed by atoms with E-state index in [4.69, 9.17) is 11.6 Å². The number of hydrogen-bond donors (Lipinski definition) is 3. The maximum absolute atomic E-state index is 14.6. The number of nitrogens with zero attached hydrogens (tertiary/aromatic N) is 2. The molecule has 4 aromatic rings. The summed E-state index contributed by atoms with van der Waals surface area (Å²) in [5.41, 5.74) is 0.200. The molecule has 0 fully saturated rings. The minimum atomic E-state index is -0.949. The molecule has 0 saturated carbocycles. The minimum Gasteiger partial charge on any atom is -0.373 e. The zero-order valence-corrected chi connectivity index (χ0v) is 19.3. The highest BCUT2D eigenvalue weighted by atomic mass is 35.5. The quantitative estimate of drug-likeness (QED) is 0.320. The summed E-state index contributed by atoms with van der Waals surface area (Å²) in [5.74, 6) is -2.06. The van der Waals surface area contributed by atoms with Gasteiger partial charge in [0.25, 0.3) is 5.56 Å². The molecule has 2 aromatic heterocycles. The second-order valence-corrected chi connectivity index (χ2v) is 7.94. The molecule has 0 unspecified atom stereocenters. The van der Waals surface area contributed by atoms with Crippen LogP contribution in [0.15, 0.2) is 53.5 Å². The van der Waals surface area contributed by atoms with Gasteiger partial charge >= 0.3 is 6.03 Å². The van der Waals surface area contributed by atoms with Crippen LogP contribution >= 0.6 is 11.6 Å². The highest BCUT2D eigenvalue weighted by molar-refractivity contribution is 6.33. The number of benzene rings is 2. The van der Waals surface area contributed by atoms with Crippen molar-refractivity contribution >= 4 is 45.7 Å². The number of halogens is 4. The molecule has 0 aliphatic rings. The number of pyridine rings is 2. The van der Waals surface area contributed by atoms with Crippen molar-refractivity contribution < 1.29 is 18.0 Å². The van der Waals surface area contributed by atoms with Crippen LogP contribution in [-0.4, -0.2) is 22.6 Å². The van der Waals surface area contributed by atoms with Gasteiger partial charge in [-0.3, -0.25) is 4.79 Å². The topological polar surface area (TPSA) is 88.1 Å². The maximum atomic E-state index is 14.6. The lowest BCUT2D eigenvalue weighted by Gasteiger charge is -2.15. The number of carbonyl (C=O) groups excluding carboxylic acids is 1. The molecule has 2 heterocycles. The standard InChI is InChI=1S/C24H19ClF3N5O2/c1-3-33-21-10-22(29-2)30-11-12(21)4-17(23(33)34)16-8-20(19(28)9-18(16)25)32-24(35)31-15-6-13(26)5-14(27)7-15/h4-11H,3H2,1-2H3,(H,29,30)(H2,31,32,35). The van der Waals surface area contributed by atoms with Gasteiger partial charge in [-0.2, -0.15) is 0 Å². The summed E-state index contributed by atoms with van der Waals surface area (Å²) < 4.78 is 42.9. The predicted octanol–water partition coefficient (Wildman–Crippen LogP) is 5.84. The Morgan fingerprint density at radius 3 is 2.37 bits per heavy atom. The number of aryl methyl sites for hydroxylation is 1. The molecule has 4 rings (SSSR count). The zero-order valence-electron chi connectivity index (χ0n) is 18.5. The van der Waals surface area contributed by atoms with Gasteiger partial charge in [-0.1, -0.05) is 11.6 Å². The summed E-state index contributed by atoms with van der Waals surface area (Å²) in [7, 11) is 1.71. The number of hydrogen-bond acceptors (Lipinski definition) is 4. The Balaban J connectivity index is 1.74. The Bertz CT molecular complexity index is 1500. The van der Waals surface area contributed by atoms with Crippen LogP contribution in [0.25, 0.3) is 22.0 Å². The van der Waals surface area contributed by atoms with E-state index in [1.165, 1.54) is 10.6 Å². The van der Waals surface area contributed by atoms with E-state index in [0.29, 0.717) is 29.3 Å². The van der Waals surface area contributed by atoms with E-state index in [0.717, 1.165) is 18.2 Å². The fourth-order valence-electron chi connectivity index (χ4n) is 3.68. The fourth-order valence-corrected chi connectivity index (χ4v) is 3.93. The van der Waals surface area contributed by atoms with Crippen LogP contribution in [0.1, 0.15) is 6.92 Å². The number of anilines is 3. The Kier molecular flexibility index (Phi) is 6.65. The molecule has 0 aliphatic carbocycles. The normalized spacial score (nSPS) is 10.9. The largest absolute Gasteiger partial charge is 0.373 e. The fraction of sp³-hybridized carbons (Fsp3) is 0.125. The van der Waals surface area contributed by atoms with E-state index in [1.54, 1.807) is 25.4 Å². The lowest BCUT2D eigenvalue weighted by molar-refractivity contribution is 0.262. The van der Waals surface area contributed by atoms with Crippen molar-refractivity contribution in [1.29, 1.82) is 0 Å². The van der Waals surface area contributed by atoms with Gasteiger partial charge in [0.05, 0.1) is 16.2 Å². The molecule has 0 spiro atoms. The molecular weight excluding hydrogens is 483 g/mol. The van der Waals surface area contributed by atoms with E-state index in [-0.39, 0.29) is 33.1 Å². The van der Waals surface area contributed by atoms with Crippen LogP contribution < -0.4 is 21.5 Å². The highest BCUT2D eigenvalue weighted by Crippen LogP contribution is 2.33. The number of urea groups is 1. The van der Waals surface area contributed by atoms with Crippen LogP contribution in [0.2, 0.25) is 5.02 Å². The van der Waals surface area contributed by atoms with Crippen molar-refractivity contribution in [1.82, 2.24) is 9.55 Å². The van der Waals surface area contributed by atoms with Gasteiger partial charge in [-0.25, -0.2) is 22.9 Å². The first kappa shape index (κ1) is 24.1. The van der Waals surface area contributed by atoms with Gasteiger partial charge in [0.1, 0.15) is 23.3 Å². The third kappa shape index (κ3) is 4.92. The van der Waals surface area contributed by atoms with Crippen LogP contribution in [-0.2, 0) is 6.54 Å². The van der Waals surface area contributed by atoms with Crippen molar-refractivity contribution in [3.63, 3.8) is 0 Å². The number of carbonyl (C=O) groups is 1. The van der Waals surface area contributed by atoms with Crippen molar-refractivity contribution in [3.8, 4) is 11.1 Å². The van der Waals surface area contributed by atoms with Gasteiger partial charge in [0.15, 0.2) is 0 Å². The monoisotopic (exact) mass is 501 g/mol. The summed E-state index contributed by atoms with van der Waals surface area (Å²) in [6.07, 6.45) is 1.60. The summed E-state index contributed by atoms with van der Waals surface area (Å²) in [6.45, 7) is 2.16. The van der Waals surface area contributed by atoms with E-state index in [1.807, 2.05) is 6.92 Å². The molecule has 7 nitrogen and oxygen atoms in total. The molecular formula is C24H19ClF3N5O2. The van der Waals surface area contributed by atoms with Crippen LogP contribution in [0.4, 0.5) is 35.2 Å². The average molecular weight is 502 g/mol. The average Bonchev–Trinajstić information content (AvgIpc) is 2.79. The highest BCUT2D eigenvalue weighted by Gasteiger charge is 2.18. The summed E-state index contributed by atoms with van der Waals surface area (Å²) >= 11 is 6.28. The van der Waals surface area contributed by atoms with Crippen LogP contribution in [0, 0.1) is 17.5 Å². The number of aromatic nitrogens is 2. The molecule has 0 radical (unpaired) electrons. The molecule has 3 N–H and O–H groups in total. The number of nitrogens with one attached hydrogen (secondary N) is 3. The van der Waals surface area contributed by atoms with E-state index in [9.17, 15) is 22.8 Å². The van der Waals surface area contributed by atoms with Crippen molar-refractivity contribution in [2.24, 2.45) is 0 Å². The van der Waals surface area contributed by atoms with Crippen LogP contribution in [0.3, 0.4) is 0 Å². The first-order valence-corrected chi connectivity index (χ1v) is 10.8. The zero-order chi connectivity index (χ0) is 25.3. The molecule has 2 amide bonds.